The molecule has 2 aromatic carbocycles. The number of nitriles is 1. The lowest BCUT2D eigenvalue weighted by Crippen LogP contribution is -2.49. The van der Waals surface area contributed by atoms with Crippen LogP contribution in [0.1, 0.15) is 45.6 Å². The van der Waals surface area contributed by atoms with Crippen LogP contribution in [-0.4, -0.2) is 61.5 Å². The number of carbonyl (C=O) groups excluding carboxylic acids is 2. The van der Waals surface area contributed by atoms with Gasteiger partial charge in [0.15, 0.2) is 0 Å². The third-order valence-corrected chi connectivity index (χ3v) is 6.24. The molecule has 32 heavy (non-hydrogen) atoms. The Morgan fingerprint density at radius 1 is 1.16 bits per heavy atom. The van der Waals surface area contributed by atoms with Crippen molar-refractivity contribution in [2.24, 2.45) is 0 Å². The maximum atomic E-state index is 12.7. The number of hydrogen-bond acceptors (Lipinski definition) is 6. The lowest BCUT2D eigenvalue weighted by molar-refractivity contribution is -0.132. The molecular formula is C25H27N3O4. The summed E-state index contributed by atoms with van der Waals surface area (Å²) in [5, 5.41) is 9.10. The molecule has 2 heterocycles. The van der Waals surface area contributed by atoms with Crippen LogP contribution in [0.5, 0.6) is 5.75 Å². The topological polar surface area (TPSA) is 82.9 Å². The predicted octanol–water partition coefficient (Wildman–Crippen LogP) is 2.73. The summed E-state index contributed by atoms with van der Waals surface area (Å²) in [6.45, 7) is 5.90. The summed E-state index contributed by atoms with van der Waals surface area (Å²) in [4.78, 5) is 28.8. The number of hydrogen-bond donors (Lipinski definition) is 0. The molecule has 0 saturated carbocycles. The number of cyclic esters (lactones) is 1. The maximum Gasteiger partial charge on any atom is 0.339 e. The van der Waals surface area contributed by atoms with E-state index in [1.807, 2.05) is 30.0 Å². The second-order valence-electron chi connectivity index (χ2n) is 8.26. The van der Waals surface area contributed by atoms with E-state index in [1.54, 1.807) is 12.1 Å². The number of carbonyl (C=O) groups is 2. The lowest BCUT2D eigenvalue weighted by Gasteiger charge is -2.35. The number of methoxy groups -OCH3 is 1. The van der Waals surface area contributed by atoms with Gasteiger partial charge in [0.2, 0.25) is 5.91 Å². The second kappa shape index (κ2) is 9.41. The Morgan fingerprint density at radius 3 is 2.62 bits per heavy atom. The molecule has 0 spiro atoms. The van der Waals surface area contributed by atoms with E-state index < -0.39 is 0 Å². The summed E-state index contributed by atoms with van der Waals surface area (Å²) in [5.74, 6) is 0.354. The van der Waals surface area contributed by atoms with Crippen molar-refractivity contribution in [3.05, 3.63) is 64.2 Å². The third-order valence-electron chi connectivity index (χ3n) is 6.24. The second-order valence-corrected chi connectivity index (χ2v) is 8.26. The summed E-state index contributed by atoms with van der Waals surface area (Å²) in [5.41, 5.74) is 4.16. The Labute approximate surface area is 188 Å². The van der Waals surface area contributed by atoms with E-state index in [9.17, 15) is 9.59 Å². The number of fused-ring (bicyclic) bond motifs is 1. The highest BCUT2D eigenvalue weighted by molar-refractivity contribution is 5.94. The van der Waals surface area contributed by atoms with Crippen LogP contribution in [0.2, 0.25) is 0 Å². The normalized spacial score (nSPS) is 18.1. The molecular weight excluding hydrogens is 406 g/mol. The van der Waals surface area contributed by atoms with Gasteiger partial charge in [-0.05, 0) is 42.7 Å². The molecule has 0 N–H and O–H groups in total. The van der Waals surface area contributed by atoms with E-state index in [4.69, 9.17) is 14.7 Å². The number of benzene rings is 2. The molecule has 4 rings (SSSR count). The van der Waals surface area contributed by atoms with Crippen molar-refractivity contribution in [1.29, 1.82) is 5.26 Å². The Hall–Kier alpha value is -3.37. The zero-order valence-corrected chi connectivity index (χ0v) is 18.5. The molecule has 1 atom stereocenters. The molecule has 1 saturated heterocycles. The molecule has 7 heteroatoms. The van der Waals surface area contributed by atoms with Crippen LogP contribution in [0, 0.1) is 11.3 Å². The number of piperazine rings is 1. The molecule has 0 aromatic heterocycles. The standard InChI is InChI=1S/C25H27N3O4/c1-17-22-13-18(4-6-21(22)25(30)32-17)7-8-27-9-11-28(12-10-27)24(29)15-19-3-5-20(16-26)23(14-19)31-2/h3-6,13-14,17H,7-12,15H2,1-2H3. The van der Waals surface area contributed by atoms with Crippen LogP contribution < -0.4 is 4.74 Å². The van der Waals surface area contributed by atoms with Gasteiger partial charge >= 0.3 is 5.97 Å². The zero-order valence-electron chi connectivity index (χ0n) is 18.5. The first-order valence-corrected chi connectivity index (χ1v) is 10.9. The van der Waals surface area contributed by atoms with Gasteiger partial charge in [0.1, 0.15) is 17.9 Å². The monoisotopic (exact) mass is 433 g/mol. The van der Waals surface area contributed by atoms with E-state index in [1.165, 1.54) is 12.7 Å². The van der Waals surface area contributed by atoms with Gasteiger partial charge in [-0.2, -0.15) is 5.26 Å². The Balaban J connectivity index is 1.26. The van der Waals surface area contributed by atoms with E-state index in [0.29, 0.717) is 36.4 Å². The lowest BCUT2D eigenvalue weighted by atomic mass is 10.0. The number of rotatable bonds is 6. The molecule has 2 aromatic rings. The molecule has 2 aliphatic rings. The van der Waals surface area contributed by atoms with Gasteiger partial charge in [0.25, 0.3) is 0 Å². The number of amides is 1. The highest BCUT2D eigenvalue weighted by Gasteiger charge is 2.28. The number of esters is 1. The van der Waals surface area contributed by atoms with E-state index >= 15 is 0 Å². The Bertz CT molecular complexity index is 1070. The van der Waals surface area contributed by atoms with Crippen LogP contribution in [0.3, 0.4) is 0 Å². The molecule has 0 radical (unpaired) electrons. The highest BCUT2D eigenvalue weighted by atomic mass is 16.5. The predicted molar refractivity (Wildman–Crippen MR) is 118 cm³/mol. The maximum absolute atomic E-state index is 12.7. The molecule has 0 aliphatic carbocycles. The summed E-state index contributed by atoms with van der Waals surface area (Å²) < 4.78 is 10.5. The van der Waals surface area contributed by atoms with Gasteiger partial charge in [-0.3, -0.25) is 9.69 Å². The van der Waals surface area contributed by atoms with Crippen LogP contribution in [0.4, 0.5) is 0 Å². The summed E-state index contributed by atoms with van der Waals surface area (Å²) >= 11 is 0. The zero-order chi connectivity index (χ0) is 22.7. The summed E-state index contributed by atoms with van der Waals surface area (Å²) in [6, 6.07) is 13.3. The quantitative estimate of drug-likeness (QED) is 0.652. The minimum atomic E-state index is -0.237. The Morgan fingerprint density at radius 2 is 1.91 bits per heavy atom. The molecule has 7 nitrogen and oxygen atoms in total. The van der Waals surface area contributed by atoms with E-state index in [2.05, 4.69) is 17.0 Å². The van der Waals surface area contributed by atoms with Gasteiger partial charge in [-0.1, -0.05) is 18.2 Å². The first-order valence-electron chi connectivity index (χ1n) is 10.9. The van der Waals surface area contributed by atoms with Gasteiger partial charge in [-0.25, -0.2) is 4.79 Å². The van der Waals surface area contributed by atoms with E-state index in [-0.39, 0.29) is 18.0 Å². The molecule has 1 amide bonds. The molecule has 0 bridgehead atoms. The average Bonchev–Trinajstić information content (AvgIpc) is 3.10. The first-order chi connectivity index (χ1) is 15.5. The molecule has 2 aliphatic heterocycles. The fraction of sp³-hybridized carbons (Fsp3) is 0.400. The van der Waals surface area contributed by atoms with Crippen LogP contribution in [0.25, 0.3) is 0 Å². The highest BCUT2D eigenvalue weighted by Crippen LogP contribution is 2.30. The van der Waals surface area contributed by atoms with Crippen molar-refractivity contribution in [3.63, 3.8) is 0 Å². The molecule has 1 fully saturated rings. The SMILES string of the molecule is COc1cc(CC(=O)N2CCN(CCc3ccc4c(c3)C(C)OC4=O)CC2)ccc1C#N. The minimum absolute atomic E-state index is 0.0914. The Kier molecular flexibility index (Phi) is 6.42. The summed E-state index contributed by atoms with van der Waals surface area (Å²) in [6.07, 6.45) is 1.02. The first kappa shape index (κ1) is 21.8. The largest absolute Gasteiger partial charge is 0.495 e. The smallest absolute Gasteiger partial charge is 0.339 e. The fourth-order valence-electron chi connectivity index (χ4n) is 4.31. The van der Waals surface area contributed by atoms with Crippen molar-refractivity contribution < 1.29 is 19.1 Å². The summed E-state index contributed by atoms with van der Waals surface area (Å²) in [7, 11) is 1.53. The van der Waals surface area contributed by atoms with Crippen molar-refractivity contribution >= 4 is 11.9 Å². The van der Waals surface area contributed by atoms with Crippen molar-refractivity contribution in [1.82, 2.24) is 9.80 Å². The van der Waals surface area contributed by atoms with Crippen LogP contribution >= 0.6 is 0 Å². The van der Waals surface area contributed by atoms with Crippen LogP contribution in [0.15, 0.2) is 36.4 Å². The molecule has 166 valence electrons. The van der Waals surface area contributed by atoms with Crippen molar-refractivity contribution in [3.8, 4) is 11.8 Å². The fourth-order valence-corrected chi connectivity index (χ4v) is 4.31. The number of ether oxygens (including phenoxy) is 2. The van der Waals surface area contributed by atoms with E-state index in [0.717, 1.165) is 37.2 Å². The van der Waals surface area contributed by atoms with Crippen molar-refractivity contribution in [2.75, 3.05) is 39.8 Å². The number of nitrogens with zero attached hydrogens (tertiary/aromatic N) is 3. The van der Waals surface area contributed by atoms with Gasteiger partial charge in [0, 0.05) is 38.3 Å². The van der Waals surface area contributed by atoms with Gasteiger partial charge in [-0.15, -0.1) is 0 Å². The van der Waals surface area contributed by atoms with Gasteiger partial charge in [0.05, 0.1) is 24.7 Å². The average molecular weight is 434 g/mol. The van der Waals surface area contributed by atoms with Crippen molar-refractivity contribution in [2.45, 2.75) is 25.9 Å². The molecule has 1 unspecified atom stereocenters. The minimum Gasteiger partial charge on any atom is -0.495 e. The van der Waals surface area contributed by atoms with Crippen LogP contribution in [-0.2, 0) is 22.4 Å². The van der Waals surface area contributed by atoms with Gasteiger partial charge < -0.3 is 14.4 Å². The third kappa shape index (κ3) is 4.61.